The Kier molecular flexibility index (Phi) is 6.37. The molecule has 31 heavy (non-hydrogen) atoms. The molecule has 4 rings (SSSR count). The van der Waals surface area contributed by atoms with Gasteiger partial charge in [0.05, 0.1) is 13.7 Å². The van der Waals surface area contributed by atoms with E-state index in [0.29, 0.717) is 18.3 Å². The second-order valence-corrected chi connectivity index (χ2v) is 8.25. The van der Waals surface area contributed by atoms with E-state index in [0.717, 1.165) is 42.7 Å². The van der Waals surface area contributed by atoms with Gasteiger partial charge in [-0.25, -0.2) is 0 Å². The lowest BCUT2D eigenvalue weighted by Gasteiger charge is -2.25. The number of hydrogen-bond donors (Lipinski definition) is 1. The van der Waals surface area contributed by atoms with Gasteiger partial charge in [0.25, 0.3) is 5.91 Å². The first-order valence-electron chi connectivity index (χ1n) is 10.8. The third-order valence-electron chi connectivity index (χ3n) is 5.90. The largest absolute Gasteiger partial charge is 0.496 e. The zero-order valence-electron chi connectivity index (χ0n) is 18.5. The molecule has 1 aliphatic carbocycles. The SMILES string of the molecule is COc1ccccc1CNC1CCc2c(c(C(=O)N(C)C)nn2Cc2ccccc2)C1. The first-order valence-corrected chi connectivity index (χ1v) is 10.8. The summed E-state index contributed by atoms with van der Waals surface area (Å²) in [7, 11) is 5.27. The molecule has 0 spiro atoms. The number of aromatic nitrogens is 2. The third kappa shape index (κ3) is 4.64. The highest BCUT2D eigenvalue weighted by Crippen LogP contribution is 2.27. The summed E-state index contributed by atoms with van der Waals surface area (Å²) in [5.41, 5.74) is 5.18. The maximum Gasteiger partial charge on any atom is 0.274 e. The van der Waals surface area contributed by atoms with Gasteiger partial charge in [-0.15, -0.1) is 0 Å². The summed E-state index contributed by atoms with van der Waals surface area (Å²) >= 11 is 0. The molecule has 6 nitrogen and oxygen atoms in total. The quantitative estimate of drug-likeness (QED) is 0.640. The predicted molar refractivity (Wildman–Crippen MR) is 121 cm³/mol. The molecule has 1 unspecified atom stereocenters. The minimum Gasteiger partial charge on any atom is -0.496 e. The number of nitrogens with zero attached hydrogens (tertiary/aromatic N) is 3. The summed E-state index contributed by atoms with van der Waals surface area (Å²) in [4.78, 5) is 14.5. The number of carbonyl (C=O) groups is 1. The van der Waals surface area contributed by atoms with Crippen molar-refractivity contribution in [3.05, 3.63) is 82.7 Å². The molecule has 1 aliphatic rings. The van der Waals surface area contributed by atoms with Crippen molar-refractivity contribution in [3.8, 4) is 5.75 Å². The van der Waals surface area contributed by atoms with Crippen LogP contribution in [0.1, 0.15) is 39.3 Å². The predicted octanol–water partition coefficient (Wildman–Crippen LogP) is 3.29. The van der Waals surface area contributed by atoms with Crippen LogP contribution in [0.5, 0.6) is 5.75 Å². The topological polar surface area (TPSA) is 59.4 Å². The van der Waals surface area contributed by atoms with Gasteiger partial charge in [-0.05, 0) is 30.9 Å². The van der Waals surface area contributed by atoms with Crippen LogP contribution < -0.4 is 10.1 Å². The fourth-order valence-electron chi connectivity index (χ4n) is 4.24. The van der Waals surface area contributed by atoms with E-state index >= 15 is 0 Å². The smallest absolute Gasteiger partial charge is 0.274 e. The number of carbonyl (C=O) groups excluding carboxylic acids is 1. The highest BCUT2D eigenvalue weighted by molar-refractivity contribution is 5.93. The van der Waals surface area contributed by atoms with Crippen LogP contribution in [-0.4, -0.2) is 47.8 Å². The van der Waals surface area contributed by atoms with Crippen molar-refractivity contribution < 1.29 is 9.53 Å². The summed E-state index contributed by atoms with van der Waals surface area (Å²) in [5.74, 6) is 0.860. The Morgan fingerprint density at radius 3 is 2.65 bits per heavy atom. The monoisotopic (exact) mass is 418 g/mol. The van der Waals surface area contributed by atoms with Crippen molar-refractivity contribution in [2.45, 2.75) is 38.4 Å². The van der Waals surface area contributed by atoms with E-state index in [9.17, 15) is 4.79 Å². The molecule has 2 aromatic carbocycles. The van der Waals surface area contributed by atoms with Gasteiger partial charge in [0, 0.05) is 43.5 Å². The molecule has 1 aromatic heterocycles. The van der Waals surface area contributed by atoms with Crippen molar-refractivity contribution in [1.82, 2.24) is 20.0 Å². The molecular weight excluding hydrogens is 388 g/mol. The van der Waals surface area contributed by atoms with Gasteiger partial charge in [0.2, 0.25) is 0 Å². The molecule has 0 saturated carbocycles. The highest BCUT2D eigenvalue weighted by atomic mass is 16.5. The number of amides is 1. The number of para-hydroxylation sites is 1. The van der Waals surface area contributed by atoms with Gasteiger partial charge in [-0.1, -0.05) is 48.5 Å². The van der Waals surface area contributed by atoms with E-state index in [1.807, 2.05) is 41.1 Å². The fraction of sp³-hybridized carbons (Fsp3) is 0.360. The molecule has 0 radical (unpaired) electrons. The standard InChI is InChI=1S/C25H30N4O2/c1-28(2)25(30)24-21-15-20(26-16-19-11-7-8-12-23(19)31-3)13-14-22(21)29(27-24)17-18-9-5-4-6-10-18/h4-12,20,26H,13-17H2,1-3H3. The van der Waals surface area contributed by atoms with E-state index in [-0.39, 0.29) is 5.91 Å². The van der Waals surface area contributed by atoms with Gasteiger partial charge in [-0.3, -0.25) is 9.48 Å². The fourth-order valence-corrected chi connectivity index (χ4v) is 4.24. The van der Waals surface area contributed by atoms with E-state index in [1.54, 1.807) is 26.1 Å². The number of rotatable bonds is 7. The van der Waals surface area contributed by atoms with Crippen LogP contribution in [-0.2, 0) is 25.9 Å². The molecule has 162 valence electrons. The minimum absolute atomic E-state index is 0.0339. The Labute approximate surface area is 183 Å². The van der Waals surface area contributed by atoms with Crippen LogP contribution in [0.25, 0.3) is 0 Å². The molecule has 1 N–H and O–H groups in total. The van der Waals surface area contributed by atoms with Crippen molar-refractivity contribution >= 4 is 5.91 Å². The average molecular weight is 419 g/mol. The zero-order valence-corrected chi connectivity index (χ0v) is 18.5. The van der Waals surface area contributed by atoms with Crippen molar-refractivity contribution in [2.75, 3.05) is 21.2 Å². The number of methoxy groups -OCH3 is 1. The molecular formula is C25H30N4O2. The highest BCUT2D eigenvalue weighted by Gasteiger charge is 2.29. The van der Waals surface area contributed by atoms with E-state index in [4.69, 9.17) is 9.84 Å². The molecule has 0 saturated heterocycles. The Morgan fingerprint density at radius 1 is 1.16 bits per heavy atom. The molecule has 0 bridgehead atoms. The van der Waals surface area contributed by atoms with Gasteiger partial charge in [0.15, 0.2) is 5.69 Å². The van der Waals surface area contributed by atoms with Crippen LogP contribution in [0.3, 0.4) is 0 Å². The van der Waals surface area contributed by atoms with E-state index < -0.39 is 0 Å². The van der Waals surface area contributed by atoms with E-state index in [1.165, 1.54) is 11.3 Å². The Balaban J connectivity index is 1.56. The maximum absolute atomic E-state index is 12.9. The summed E-state index contributed by atoms with van der Waals surface area (Å²) in [6, 6.07) is 18.7. The van der Waals surface area contributed by atoms with Crippen LogP contribution in [0, 0.1) is 0 Å². The average Bonchev–Trinajstić information content (AvgIpc) is 3.15. The second-order valence-electron chi connectivity index (χ2n) is 8.25. The lowest BCUT2D eigenvalue weighted by Crippen LogP contribution is -2.35. The number of hydrogen-bond acceptors (Lipinski definition) is 4. The number of ether oxygens (including phenoxy) is 1. The van der Waals surface area contributed by atoms with Crippen molar-refractivity contribution in [3.63, 3.8) is 0 Å². The van der Waals surface area contributed by atoms with E-state index in [2.05, 4.69) is 23.5 Å². The number of benzene rings is 2. The molecule has 3 aromatic rings. The van der Waals surface area contributed by atoms with Gasteiger partial charge < -0.3 is 15.0 Å². The molecule has 1 atom stereocenters. The Morgan fingerprint density at radius 2 is 1.90 bits per heavy atom. The summed E-state index contributed by atoms with van der Waals surface area (Å²) in [6.07, 6.45) is 2.71. The Bertz CT molecular complexity index is 1040. The molecule has 6 heteroatoms. The molecule has 1 amide bonds. The molecule has 0 aliphatic heterocycles. The minimum atomic E-state index is -0.0339. The zero-order chi connectivity index (χ0) is 21.8. The lowest BCUT2D eigenvalue weighted by molar-refractivity contribution is 0.0820. The van der Waals surface area contributed by atoms with Crippen molar-refractivity contribution in [2.24, 2.45) is 0 Å². The van der Waals surface area contributed by atoms with Crippen molar-refractivity contribution in [1.29, 1.82) is 0 Å². The number of nitrogens with one attached hydrogen (secondary N) is 1. The first-order chi connectivity index (χ1) is 15.1. The van der Waals surface area contributed by atoms with Crippen LogP contribution >= 0.6 is 0 Å². The van der Waals surface area contributed by atoms with Crippen LogP contribution in [0.15, 0.2) is 54.6 Å². The lowest BCUT2D eigenvalue weighted by atomic mass is 9.90. The van der Waals surface area contributed by atoms with Crippen LogP contribution in [0.2, 0.25) is 0 Å². The summed E-state index contributed by atoms with van der Waals surface area (Å²) in [6.45, 7) is 1.42. The molecule has 0 fully saturated rings. The second kappa shape index (κ2) is 9.35. The molecule has 1 heterocycles. The van der Waals surface area contributed by atoms with Gasteiger partial charge >= 0.3 is 0 Å². The van der Waals surface area contributed by atoms with Gasteiger partial charge in [0.1, 0.15) is 5.75 Å². The first kappa shape index (κ1) is 21.1. The van der Waals surface area contributed by atoms with Crippen LogP contribution in [0.4, 0.5) is 0 Å². The number of fused-ring (bicyclic) bond motifs is 1. The third-order valence-corrected chi connectivity index (χ3v) is 5.90. The maximum atomic E-state index is 12.9. The normalized spacial score (nSPS) is 15.4. The summed E-state index contributed by atoms with van der Waals surface area (Å²) in [5, 5.41) is 8.43. The Hall–Kier alpha value is -3.12. The van der Waals surface area contributed by atoms with Gasteiger partial charge in [-0.2, -0.15) is 5.10 Å². The summed E-state index contributed by atoms with van der Waals surface area (Å²) < 4.78 is 7.50.